The third-order valence-corrected chi connectivity index (χ3v) is 6.06. The van der Waals surface area contributed by atoms with Crippen LogP contribution in [0.25, 0.3) is 28.7 Å². The number of hydrogen-bond donors (Lipinski definition) is 0. The molecule has 3 aromatic carbocycles. The lowest BCUT2D eigenvalue weighted by Gasteiger charge is -2.12. The van der Waals surface area contributed by atoms with Gasteiger partial charge in [-0.2, -0.15) is 5.26 Å². The molecule has 0 radical (unpaired) electrons. The van der Waals surface area contributed by atoms with Gasteiger partial charge >= 0.3 is 0 Å². The van der Waals surface area contributed by atoms with E-state index < -0.39 is 0 Å². The van der Waals surface area contributed by atoms with Crippen LogP contribution in [0.4, 0.5) is 0 Å². The SMILES string of the molecule is N#Cc1ccc(/C=C/c2nc3ccccc3c(=O)n2-c2cccc(C(=O)CCc3cccnc3)c2)cc1. The predicted molar refractivity (Wildman–Crippen MR) is 144 cm³/mol. The van der Waals surface area contributed by atoms with Gasteiger partial charge in [-0.1, -0.05) is 48.5 Å². The molecule has 0 fully saturated rings. The van der Waals surface area contributed by atoms with Crippen molar-refractivity contribution in [2.24, 2.45) is 0 Å². The highest BCUT2D eigenvalue weighted by molar-refractivity contribution is 5.96. The molecule has 5 aromatic rings. The highest BCUT2D eigenvalue weighted by Gasteiger charge is 2.13. The number of carbonyl (C=O) groups excluding carboxylic acids is 1. The summed E-state index contributed by atoms with van der Waals surface area (Å²) in [7, 11) is 0. The smallest absolute Gasteiger partial charge is 0.266 e. The Kier molecular flexibility index (Phi) is 6.78. The first-order chi connectivity index (χ1) is 18.1. The highest BCUT2D eigenvalue weighted by Crippen LogP contribution is 2.18. The number of nitrogens with zero attached hydrogens (tertiary/aromatic N) is 4. The summed E-state index contributed by atoms with van der Waals surface area (Å²) in [6.45, 7) is 0. The van der Waals surface area contributed by atoms with Crippen molar-refractivity contribution >= 4 is 28.8 Å². The number of benzene rings is 3. The molecular weight excluding hydrogens is 460 g/mol. The van der Waals surface area contributed by atoms with E-state index in [1.807, 2.05) is 36.4 Å². The fourth-order valence-corrected chi connectivity index (χ4v) is 4.12. The lowest BCUT2D eigenvalue weighted by atomic mass is 10.0. The minimum absolute atomic E-state index is 0.0119. The number of nitriles is 1. The molecule has 0 aliphatic heterocycles. The van der Waals surface area contributed by atoms with Gasteiger partial charge in [0.2, 0.25) is 0 Å². The number of hydrogen-bond acceptors (Lipinski definition) is 5. The summed E-state index contributed by atoms with van der Waals surface area (Å²) in [6, 6.07) is 27.3. The average Bonchev–Trinajstić information content (AvgIpc) is 2.96. The van der Waals surface area contributed by atoms with Gasteiger partial charge in [0, 0.05) is 24.4 Å². The maximum Gasteiger partial charge on any atom is 0.266 e. The van der Waals surface area contributed by atoms with Crippen LogP contribution in [0.1, 0.15) is 39.3 Å². The second kappa shape index (κ2) is 10.6. The van der Waals surface area contributed by atoms with Crippen LogP contribution >= 0.6 is 0 Å². The molecule has 0 spiro atoms. The number of aryl methyl sites for hydroxylation is 1. The molecule has 0 saturated carbocycles. The number of fused-ring (bicyclic) bond motifs is 1. The Morgan fingerprint density at radius 2 is 1.78 bits per heavy atom. The van der Waals surface area contributed by atoms with E-state index in [2.05, 4.69) is 11.1 Å². The summed E-state index contributed by atoms with van der Waals surface area (Å²) in [5.74, 6) is 0.426. The second-order valence-corrected chi connectivity index (χ2v) is 8.53. The van der Waals surface area contributed by atoms with Gasteiger partial charge in [0.15, 0.2) is 5.78 Å². The minimum Gasteiger partial charge on any atom is -0.294 e. The van der Waals surface area contributed by atoms with Gasteiger partial charge in [-0.15, -0.1) is 0 Å². The average molecular weight is 483 g/mol. The molecule has 0 saturated heterocycles. The fraction of sp³-hybridized carbons (Fsp3) is 0.0645. The van der Waals surface area contributed by atoms with E-state index in [1.54, 1.807) is 73.1 Å². The molecule has 2 aromatic heterocycles. The number of Topliss-reactive ketones (excluding diaryl/α,β-unsaturated/α-hetero) is 1. The summed E-state index contributed by atoms with van der Waals surface area (Å²) in [5, 5.41) is 9.53. The molecule has 0 unspecified atom stereocenters. The van der Waals surface area contributed by atoms with E-state index >= 15 is 0 Å². The van der Waals surface area contributed by atoms with E-state index in [4.69, 9.17) is 10.2 Å². The molecule has 6 heteroatoms. The summed E-state index contributed by atoms with van der Waals surface area (Å²) < 4.78 is 1.53. The largest absolute Gasteiger partial charge is 0.294 e. The Hall–Kier alpha value is -5.15. The van der Waals surface area contributed by atoms with E-state index in [0.29, 0.717) is 46.4 Å². The third-order valence-electron chi connectivity index (χ3n) is 6.06. The lowest BCUT2D eigenvalue weighted by Crippen LogP contribution is -2.22. The molecule has 0 amide bonds. The van der Waals surface area contributed by atoms with E-state index in [-0.39, 0.29) is 11.3 Å². The molecule has 5 rings (SSSR count). The van der Waals surface area contributed by atoms with Gasteiger partial charge in [0.1, 0.15) is 5.82 Å². The first-order valence-electron chi connectivity index (χ1n) is 11.8. The van der Waals surface area contributed by atoms with Gasteiger partial charge in [0.25, 0.3) is 5.56 Å². The van der Waals surface area contributed by atoms with Crippen LogP contribution < -0.4 is 5.56 Å². The Balaban J connectivity index is 1.53. The number of carbonyl (C=O) groups is 1. The van der Waals surface area contributed by atoms with Crippen LogP contribution in [0.3, 0.4) is 0 Å². The van der Waals surface area contributed by atoms with Crippen LogP contribution in [0, 0.1) is 11.3 Å². The Labute approximate surface area is 213 Å². The first kappa shape index (κ1) is 23.6. The topological polar surface area (TPSA) is 88.6 Å². The van der Waals surface area contributed by atoms with Gasteiger partial charge in [0.05, 0.1) is 28.2 Å². The standard InChI is InChI=1S/C31H22N4O2/c32-20-23-12-10-22(11-13-23)15-17-30-34-28-9-2-1-8-27(28)31(37)35(30)26-7-3-6-25(19-26)29(36)16-14-24-5-4-18-33-21-24/h1-13,15,17-19,21H,14,16H2/b17-15+. The third kappa shape index (κ3) is 5.26. The Bertz CT molecular complexity index is 1710. The molecule has 0 N–H and O–H groups in total. The van der Waals surface area contributed by atoms with E-state index in [9.17, 15) is 9.59 Å². The molecule has 0 atom stereocenters. The number of para-hydroxylation sites is 1. The van der Waals surface area contributed by atoms with Crippen molar-refractivity contribution in [1.29, 1.82) is 5.26 Å². The molecule has 178 valence electrons. The van der Waals surface area contributed by atoms with Crippen molar-refractivity contribution in [3.63, 3.8) is 0 Å². The molecule has 6 nitrogen and oxygen atoms in total. The molecule has 2 heterocycles. The monoisotopic (exact) mass is 482 g/mol. The normalized spacial score (nSPS) is 11.0. The maximum atomic E-state index is 13.6. The predicted octanol–water partition coefficient (Wildman–Crippen LogP) is 5.64. The molecule has 37 heavy (non-hydrogen) atoms. The van der Waals surface area contributed by atoms with Crippen molar-refractivity contribution in [2.45, 2.75) is 12.8 Å². The van der Waals surface area contributed by atoms with Crippen LogP contribution in [0.2, 0.25) is 0 Å². The van der Waals surface area contributed by atoms with Crippen LogP contribution in [-0.2, 0) is 6.42 Å². The molecule has 0 bridgehead atoms. The molecular formula is C31H22N4O2. The zero-order valence-corrected chi connectivity index (χ0v) is 19.9. The van der Waals surface area contributed by atoms with Crippen molar-refractivity contribution in [3.8, 4) is 11.8 Å². The molecule has 0 aliphatic carbocycles. The van der Waals surface area contributed by atoms with Gasteiger partial charge < -0.3 is 0 Å². The highest BCUT2D eigenvalue weighted by atomic mass is 16.1. The maximum absolute atomic E-state index is 13.6. The summed E-state index contributed by atoms with van der Waals surface area (Å²) in [4.78, 5) is 35.4. The lowest BCUT2D eigenvalue weighted by molar-refractivity contribution is 0.0983. The fourth-order valence-electron chi connectivity index (χ4n) is 4.12. The van der Waals surface area contributed by atoms with Crippen molar-refractivity contribution in [2.75, 3.05) is 0 Å². The molecule has 0 aliphatic rings. The number of pyridine rings is 1. The summed E-state index contributed by atoms with van der Waals surface area (Å²) in [5.41, 5.74) is 3.91. The Morgan fingerprint density at radius 3 is 2.57 bits per heavy atom. The minimum atomic E-state index is -0.218. The van der Waals surface area contributed by atoms with Gasteiger partial charge in [-0.3, -0.25) is 19.1 Å². The van der Waals surface area contributed by atoms with Crippen LogP contribution in [0.15, 0.2) is 102 Å². The van der Waals surface area contributed by atoms with Crippen LogP contribution in [0.5, 0.6) is 0 Å². The van der Waals surface area contributed by atoms with Gasteiger partial charge in [-0.05, 0) is 66.1 Å². The van der Waals surface area contributed by atoms with Crippen molar-refractivity contribution < 1.29 is 4.79 Å². The zero-order chi connectivity index (χ0) is 25.6. The quantitative estimate of drug-likeness (QED) is 0.280. The number of rotatable bonds is 7. The first-order valence-corrected chi connectivity index (χ1v) is 11.8. The Morgan fingerprint density at radius 1 is 0.946 bits per heavy atom. The van der Waals surface area contributed by atoms with E-state index in [1.165, 1.54) is 4.57 Å². The van der Waals surface area contributed by atoms with Crippen molar-refractivity contribution in [1.82, 2.24) is 14.5 Å². The number of aromatic nitrogens is 3. The zero-order valence-electron chi connectivity index (χ0n) is 19.9. The summed E-state index contributed by atoms with van der Waals surface area (Å²) in [6.07, 6.45) is 8.01. The number of ketones is 1. The van der Waals surface area contributed by atoms with Crippen molar-refractivity contribution in [3.05, 3.63) is 136 Å². The van der Waals surface area contributed by atoms with Gasteiger partial charge in [-0.25, -0.2) is 4.98 Å². The van der Waals surface area contributed by atoms with Crippen LogP contribution in [-0.4, -0.2) is 20.3 Å². The van der Waals surface area contributed by atoms with E-state index in [0.717, 1.165) is 11.1 Å². The second-order valence-electron chi connectivity index (χ2n) is 8.53. The summed E-state index contributed by atoms with van der Waals surface area (Å²) >= 11 is 0.